The van der Waals surface area contributed by atoms with Gasteiger partial charge in [-0.05, 0) is 55.3 Å². The molecule has 1 amide bonds. The van der Waals surface area contributed by atoms with Gasteiger partial charge in [0.2, 0.25) is 0 Å². The summed E-state index contributed by atoms with van der Waals surface area (Å²) in [7, 11) is -3.90. The van der Waals surface area contributed by atoms with Gasteiger partial charge in [-0.2, -0.15) is 0 Å². The van der Waals surface area contributed by atoms with Crippen LogP contribution in [0.1, 0.15) is 31.1 Å². The predicted octanol–water partition coefficient (Wildman–Crippen LogP) is 2.74. The largest absolute Gasteiger partial charge is 0.494 e. The molecule has 0 heterocycles. The SMILES string of the molecule is CCOc1ccc(S(=O)(=O)NNC(=O)c2cccc(OCC(C)C)c2)cc1. The normalized spacial score (nSPS) is 11.3. The third kappa shape index (κ3) is 6.26. The van der Waals surface area contributed by atoms with Crippen LogP contribution in [0.25, 0.3) is 0 Å². The van der Waals surface area contributed by atoms with Crippen molar-refractivity contribution >= 4 is 15.9 Å². The Morgan fingerprint density at radius 3 is 2.37 bits per heavy atom. The third-order valence-corrected chi connectivity index (χ3v) is 4.69. The van der Waals surface area contributed by atoms with E-state index in [2.05, 4.69) is 10.3 Å². The molecular formula is C19H24N2O5S. The zero-order valence-electron chi connectivity index (χ0n) is 15.6. The first-order chi connectivity index (χ1) is 12.8. The molecule has 0 aliphatic carbocycles. The van der Waals surface area contributed by atoms with E-state index >= 15 is 0 Å². The van der Waals surface area contributed by atoms with Crippen LogP contribution < -0.4 is 19.7 Å². The Labute approximate surface area is 159 Å². The molecule has 2 rings (SSSR count). The number of sulfonamides is 1. The highest BCUT2D eigenvalue weighted by atomic mass is 32.2. The summed E-state index contributed by atoms with van der Waals surface area (Å²) < 4.78 is 35.4. The van der Waals surface area contributed by atoms with E-state index in [1.165, 1.54) is 12.1 Å². The number of nitrogens with one attached hydrogen (secondary N) is 2. The van der Waals surface area contributed by atoms with Crippen molar-refractivity contribution in [1.82, 2.24) is 10.3 Å². The number of ether oxygens (including phenoxy) is 2. The molecule has 8 heteroatoms. The molecule has 0 spiro atoms. The highest BCUT2D eigenvalue weighted by Gasteiger charge is 2.16. The van der Waals surface area contributed by atoms with E-state index in [0.29, 0.717) is 30.6 Å². The molecule has 0 bridgehead atoms. The maximum absolute atomic E-state index is 12.3. The number of carbonyl (C=O) groups is 1. The molecule has 7 nitrogen and oxygen atoms in total. The smallest absolute Gasteiger partial charge is 0.266 e. The van der Waals surface area contributed by atoms with Gasteiger partial charge in [0.15, 0.2) is 0 Å². The molecule has 0 atom stereocenters. The van der Waals surface area contributed by atoms with Crippen molar-refractivity contribution in [3.63, 3.8) is 0 Å². The summed E-state index contributed by atoms with van der Waals surface area (Å²) in [4.78, 5) is 14.3. The maximum Gasteiger partial charge on any atom is 0.266 e. The summed E-state index contributed by atoms with van der Waals surface area (Å²) in [6.07, 6.45) is 0. The van der Waals surface area contributed by atoms with Crippen LogP contribution >= 0.6 is 0 Å². The zero-order valence-corrected chi connectivity index (χ0v) is 16.4. The van der Waals surface area contributed by atoms with E-state index in [1.54, 1.807) is 36.4 Å². The first-order valence-electron chi connectivity index (χ1n) is 8.59. The Kier molecular flexibility index (Phi) is 7.20. The summed E-state index contributed by atoms with van der Waals surface area (Å²) in [6.45, 7) is 6.89. The first-order valence-corrected chi connectivity index (χ1v) is 10.1. The summed E-state index contributed by atoms with van der Waals surface area (Å²) in [5.74, 6) is 0.882. The Balaban J connectivity index is 2.00. The molecule has 2 N–H and O–H groups in total. The van der Waals surface area contributed by atoms with E-state index in [9.17, 15) is 13.2 Å². The number of amides is 1. The molecule has 0 radical (unpaired) electrons. The van der Waals surface area contributed by atoms with Gasteiger partial charge < -0.3 is 9.47 Å². The fourth-order valence-electron chi connectivity index (χ4n) is 2.12. The van der Waals surface area contributed by atoms with Gasteiger partial charge in [0, 0.05) is 5.56 Å². The monoisotopic (exact) mass is 392 g/mol. The lowest BCUT2D eigenvalue weighted by atomic mass is 10.2. The van der Waals surface area contributed by atoms with Crippen LogP contribution in [-0.2, 0) is 10.0 Å². The van der Waals surface area contributed by atoms with Gasteiger partial charge in [-0.25, -0.2) is 8.42 Å². The average Bonchev–Trinajstić information content (AvgIpc) is 2.65. The van der Waals surface area contributed by atoms with E-state index < -0.39 is 15.9 Å². The maximum atomic E-state index is 12.3. The van der Waals surface area contributed by atoms with Crippen molar-refractivity contribution in [2.24, 2.45) is 5.92 Å². The van der Waals surface area contributed by atoms with E-state index in [4.69, 9.17) is 9.47 Å². The molecule has 0 fully saturated rings. The van der Waals surface area contributed by atoms with Gasteiger partial charge in [0.05, 0.1) is 18.1 Å². The van der Waals surface area contributed by atoms with Gasteiger partial charge in [0.1, 0.15) is 11.5 Å². The van der Waals surface area contributed by atoms with E-state index in [-0.39, 0.29) is 10.5 Å². The number of hydrogen-bond acceptors (Lipinski definition) is 5. The molecule has 0 saturated heterocycles. The lowest BCUT2D eigenvalue weighted by Gasteiger charge is -2.11. The van der Waals surface area contributed by atoms with Crippen molar-refractivity contribution in [3.05, 3.63) is 54.1 Å². The Hall–Kier alpha value is -2.58. The average molecular weight is 392 g/mol. The molecular weight excluding hydrogens is 368 g/mol. The quantitative estimate of drug-likeness (QED) is 0.640. The molecule has 2 aromatic carbocycles. The molecule has 0 aliphatic rings. The third-order valence-electron chi connectivity index (χ3n) is 3.42. The van der Waals surface area contributed by atoms with Gasteiger partial charge in [-0.3, -0.25) is 10.2 Å². The van der Waals surface area contributed by atoms with Crippen LogP contribution in [0.5, 0.6) is 11.5 Å². The standard InChI is InChI=1S/C19H24N2O5S/c1-4-25-16-8-10-18(11-9-16)27(23,24)21-20-19(22)15-6-5-7-17(12-15)26-13-14(2)3/h5-12,14,21H,4,13H2,1-3H3,(H,20,22). The van der Waals surface area contributed by atoms with Crippen LogP contribution in [0.2, 0.25) is 0 Å². The molecule has 0 aliphatic heterocycles. The Bertz CT molecular complexity index is 864. The van der Waals surface area contributed by atoms with Crippen LogP contribution in [0.3, 0.4) is 0 Å². The number of carbonyl (C=O) groups excluding carboxylic acids is 1. The molecule has 146 valence electrons. The molecule has 0 unspecified atom stereocenters. The summed E-state index contributed by atoms with van der Waals surface area (Å²) in [6, 6.07) is 12.4. The van der Waals surface area contributed by atoms with Crippen LogP contribution in [0.4, 0.5) is 0 Å². The lowest BCUT2D eigenvalue weighted by molar-refractivity contribution is 0.0944. The molecule has 0 saturated carbocycles. The van der Waals surface area contributed by atoms with Gasteiger partial charge >= 0.3 is 0 Å². The molecule has 0 aromatic heterocycles. The Morgan fingerprint density at radius 2 is 1.74 bits per heavy atom. The van der Waals surface area contributed by atoms with Crippen molar-refractivity contribution < 1.29 is 22.7 Å². The summed E-state index contributed by atoms with van der Waals surface area (Å²) in [5.41, 5.74) is 2.49. The first kappa shape index (κ1) is 20.7. The van der Waals surface area contributed by atoms with Crippen LogP contribution in [-0.4, -0.2) is 27.5 Å². The highest BCUT2D eigenvalue weighted by Crippen LogP contribution is 2.16. The van der Waals surface area contributed by atoms with E-state index in [0.717, 1.165) is 0 Å². The topological polar surface area (TPSA) is 93.7 Å². The minimum atomic E-state index is -3.90. The second-order valence-electron chi connectivity index (χ2n) is 6.20. The van der Waals surface area contributed by atoms with Gasteiger partial charge in [-0.1, -0.05) is 19.9 Å². The van der Waals surface area contributed by atoms with E-state index in [1.807, 2.05) is 20.8 Å². The number of rotatable bonds is 9. The zero-order chi connectivity index (χ0) is 19.9. The fraction of sp³-hybridized carbons (Fsp3) is 0.316. The van der Waals surface area contributed by atoms with Crippen molar-refractivity contribution in [2.75, 3.05) is 13.2 Å². The second kappa shape index (κ2) is 9.38. The number of hydrogen-bond donors (Lipinski definition) is 2. The summed E-state index contributed by atoms with van der Waals surface area (Å²) >= 11 is 0. The van der Waals surface area contributed by atoms with Crippen LogP contribution in [0.15, 0.2) is 53.4 Å². The lowest BCUT2D eigenvalue weighted by Crippen LogP contribution is -2.41. The number of hydrazine groups is 1. The molecule has 27 heavy (non-hydrogen) atoms. The van der Waals surface area contributed by atoms with Crippen LogP contribution in [0, 0.1) is 5.92 Å². The van der Waals surface area contributed by atoms with Crippen molar-refractivity contribution in [2.45, 2.75) is 25.7 Å². The second-order valence-corrected chi connectivity index (χ2v) is 7.88. The van der Waals surface area contributed by atoms with Gasteiger partial charge in [0.25, 0.3) is 15.9 Å². The predicted molar refractivity (Wildman–Crippen MR) is 102 cm³/mol. The Morgan fingerprint density at radius 1 is 1.04 bits per heavy atom. The summed E-state index contributed by atoms with van der Waals surface area (Å²) in [5, 5.41) is 0. The minimum absolute atomic E-state index is 0.0141. The molecule has 2 aromatic rings. The van der Waals surface area contributed by atoms with Crippen molar-refractivity contribution in [1.29, 1.82) is 0 Å². The minimum Gasteiger partial charge on any atom is -0.494 e. The highest BCUT2D eigenvalue weighted by molar-refractivity contribution is 7.89. The van der Waals surface area contributed by atoms with Crippen molar-refractivity contribution in [3.8, 4) is 11.5 Å². The number of benzene rings is 2. The van der Waals surface area contributed by atoms with Gasteiger partial charge in [-0.15, -0.1) is 4.83 Å². The fourth-order valence-corrected chi connectivity index (χ4v) is 2.96.